The molecule has 2 saturated carbocycles. The number of hydrogen-bond donors (Lipinski definition) is 0. The van der Waals surface area contributed by atoms with Crippen molar-refractivity contribution >= 4 is 6.29 Å². The highest BCUT2D eigenvalue weighted by molar-refractivity contribution is 5.75. The zero-order chi connectivity index (χ0) is 18.5. The van der Waals surface area contributed by atoms with E-state index in [4.69, 9.17) is 0 Å². The predicted molar refractivity (Wildman–Crippen MR) is 101 cm³/mol. The normalized spacial score (nSPS) is 29.3. The molecule has 0 bridgehead atoms. The summed E-state index contributed by atoms with van der Waals surface area (Å²) in [5.74, 6) is 0.710. The number of carbonyl (C=O) groups excluding carboxylic acids is 1. The minimum atomic E-state index is -0.988. The molecule has 0 spiro atoms. The van der Waals surface area contributed by atoms with Crippen molar-refractivity contribution in [3.63, 3.8) is 0 Å². The molecule has 0 unspecified atom stereocenters. The number of carbonyl (C=O) groups is 1. The molecule has 3 heteroatoms. The molecule has 2 fully saturated rings. The number of hydrogen-bond acceptors (Lipinski definition) is 1. The lowest BCUT2D eigenvalue weighted by Crippen LogP contribution is -2.25. The summed E-state index contributed by atoms with van der Waals surface area (Å²) in [6.07, 6.45) is 14.2. The Labute approximate surface area is 155 Å². The standard InChI is InChI=1S/C23H30F2O/c1-2-3-4-16-5-7-17(8-6-16)18-9-11-19(12-10-18)21-14-13-20(15-26)22(24)23(21)25/h2,13-19H,1,3-12H2. The van der Waals surface area contributed by atoms with Gasteiger partial charge in [-0.05, 0) is 86.7 Å². The van der Waals surface area contributed by atoms with Gasteiger partial charge in [-0.25, -0.2) is 8.78 Å². The van der Waals surface area contributed by atoms with Crippen LogP contribution in [-0.4, -0.2) is 6.29 Å². The maximum atomic E-state index is 14.3. The van der Waals surface area contributed by atoms with E-state index in [2.05, 4.69) is 6.58 Å². The average Bonchev–Trinajstić information content (AvgIpc) is 2.69. The molecule has 0 amide bonds. The molecule has 2 aliphatic rings. The molecule has 0 heterocycles. The van der Waals surface area contributed by atoms with Crippen molar-refractivity contribution in [2.24, 2.45) is 17.8 Å². The topological polar surface area (TPSA) is 17.1 Å². The van der Waals surface area contributed by atoms with Crippen molar-refractivity contribution in [3.05, 3.63) is 47.5 Å². The number of aldehydes is 1. The van der Waals surface area contributed by atoms with Gasteiger partial charge >= 0.3 is 0 Å². The molecule has 0 radical (unpaired) electrons. The van der Waals surface area contributed by atoms with Gasteiger partial charge in [0.2, 0.25) is 0 Å². The van der Waals surface area contributed by atoms with Crippen molar-refractivity contribution in [2.75, 3.05) is 0 Å². The van der Waals surface area contributed by atoms with Crippen LogP contribution in [0.25, 0.3) is 0 Å². The molecule has 0 aromatic heterocycles. The number of rotatable bonds is 6. The van der Waals surface area contributed by atoms with Crippen LogP contribution in [-0.2, 0) is 0 Å². The Morgan fingerprint density at radius 1 is 0.923 bits per heavy atom. The predicted octanol–water partition coefficient (Wildman–Crippen LogP) is 6.82. The first-order chi connectivity index (χ1) is 12.6. The Morgan fingerprint density at radius 3 is 2.12 bits per heavy atom. The smallest absolute Gasteiger partial charge is 0.169 e. The van der Waals surface area contributed by atoms with E-state index < -0.39 is 11.6 Å². The van der Waals surface area contributed by atoms with Crippen LogP contribution in [0.2, 0.25) is 0 Å². The molecule has 0 aliphatic heterocycles. The first-order valence-electron chi connectivity index (χ1n) is 10.2. The van der Waals surface area contributed by atoms with E-state index in [1.54, 1.807) is 6.07 Å². The van der Waals surface area contributed by atoms with Gasteiger partial charge in [0, 0.05) is 0 Å². The van der Waals surface area contributed by atoms with Crippen LogP contribution in [0.4, 0.5) is 8.78 Å². The van der Waals surface area contributed by atoms with Crippen LogP contribution >= 0.6 is 0 Å². The second-order valence-corrected chi connectivity index (χ2v) is 8.25. The monoisotopic (exact) mass is 360 g/mol. The number of benzene rings is 1. The van der Waals surface area contributed by atoms with E-state index in [0.717, 1.165) is 49.9 Å². The van der Waals surface area contributed by atoms with Crippen molar-refractivity contribution in [2.45, 2.75) is 70.1 Å². The second kappa shape index (κ2) is 8.92. The maximum Gasteiger partial charge on any atom is 0.169 e. The fourth-order valence-corrected chi connectivity index (χ4v) is 5.19. The van der Waals surface area contributed by atoms with Gasteiger partial charge < -0.3 is 0 Å². The minimum absolute atomic E-state index is 0.0883. The first-order valence-corrected chi connectivity index (χ1v) is 10.2. The highest BCUT2D eigenvalue weighted by Crippen LogP contribution is 2.45. The lowest BCUT2D eigenvalue weighted by molar-refractivity contribution is 0.111. The maximum absolute atomic E-state index is 14.3. The summed E-state index contributed by atoms with van der Waals surface area (Å²) in [4.78, 5) is 10.8. The summed E-state index contributed by atoms with van der Waals surface area (Å²) < 4.78 is 28.2. The molecule has 26 heavy (non-hydrogen) atoms. The van der Waals surface area contributed by atoms with E-state index in [-0.39, 0.29) is 11.5 Å². The summed E-state index contributed by atoms with van der Waals surface area (Å²) in [5.41, 5.74) is 0.271. The molecule has 3 rings (SSSR count). The molecule has 0 atom stereocenters. The van der Waals surface area contributed by atoms with Crippen molar-refractivity contribution in [1.29, 1.82) is 0 Å². The Balaban J connectivity index is 1.53. The molecule has 0 N–H and O–H groups in total. The third-order valence-corrected chi connectivity index (χ3v) is 6.82. The third kappa shape index (κ3) is 4.24. The molecule has 142 valence electrons. The Morgan fingerprint density at radius 2 is 1.54 bits per heavy atom. The summed E-state index contributed by atoms with van der Waals surface area (Å²) in [6.45, 7) is 3.82. The Hall–Kier alpha value is -1.51. The highest BCUT2D eigenvalue weighted by Gasteiger charge is 2.32. The summed E-state index contributed by atoms with van der Waals surface area (Å²) in [6, 6.07) is 3.02. The average molecular weight is 360 g/mol. The Bertz CT molecular complexity index is 623. The van der Waals surface area contributed by atoms with Crippen LogP contribution in [0.1, 0.15) is 86.0 Å². The Kier molecular flexibility index (Phi) is 6.61. The van der Waals surface area contributed by atoms with E-state index in [9.17, 15) is 13.6 Å². The largest absolute Gasteiger partial charge is 0.298 e. The van der Waals surface area contributed by atoms with Crippen LogP contribution in [0.5, 0.6) is 0 Å². The van der Waals surface area contributed by atoms with Gasteiger partial charge in [0.05, 0.1) is 5.56 Å². The summed E-state index contributed by atoms with van der Waals surface area (Å²) >= 11 is 0. The van der Waals surface area contributed by atoms with Gasteiger partial charge in [-0.1, -0.05) is 25.0 Å². The number of allylic oxidation sites excluding steroid dienone is 1. The lowest BCUT2D eigenvalue weighted by Gasteiger charge is -2.38. The van der Waals surface area contributed by atoms with E-state index in [0.29, 0.717) is 11.8 Å². The van der Waals surface area contributed by atoms with Crippen LogP contribution in [0, 0.1) is 29.4 Å². The van der Waals surface area contributed by atoms with Crippen LogP contribution in [0.15, 0.2) is 24.8 Å². The van der Waals surface area contributed by atoms with Crippen molar-refractivity contribution < 1.29 is 13.6 Å². The van der Waals surface area contributed by atoms with Gasteiger partial charge in [0.25, 0.3) is 0 Å². The van der Waals surface area contributed by atoms with Gasteiger partial charge in [-0.2, -0.15) is 0 Å². The summed E-state index contributed by atoms with van der Waals surface area (Å²) in [5, 5.41) is 0. The zero-order valence-electron chi connectivity index (χ0n) is 15.6. The van der Waals surface area contributed by atoms with Gasteiger partial charge in [-0.3, -0.25) is 4.79 Å². The van der Waals surface area contributed by atoms with Crippen molar-refractivity contribution in [1.82, 2.24) is 0 Å². The second-order valence-electron chi connectivity index (χ2n) is 8.25. The van der Waals surface area contributed by atoms with Crippen LogP contribution in [0.3, 0.4) is 0 Å². The number of halogens is 2. The first kappa shape index (κ1) is 19.3. The van der Waals surface area contributed by atoms with Gasteiger partial charge in [-0.15, -0.1) is 6.58 Å². The van der Waals surface area contributed by atoms with E-state index in [1.165, 1.54) is 38.2 Å². The van der Waals surface area contributed by atoms with Gasteiger partial charge in [0.1, 0.15) is 0 Å². The fourth-order valence-electron chi connectivity index (χ4n) is 5.19. The van der Waals surface area contributed by atoms with Crippen molar-refractivity contribution in [3.8, 4) is 0 Å². The zero-order valence-corrected chi connectivity index (χ0v) is 15.6. The molecule has 1 nitrogen and oxygen atoms in total. The molecular formula is C23H30F2O. The highest BCUT2D eigenvalue weighted by atomic mass is 19.2. The fraction of sp³-hybridized carbons (Fsp3) is 0.609. The molecule has 1 aromatic carbocycles. The SMILES string of the molecule is C=CCCC1CCC(C2CCC(c3ccc(C=O)c(F)c3F)CC2)CC1. The third-order valence-electron chi connectivity index (χ3n) is 6.82. The van der Waals surface area contributed by atoms with Crippen LogP contribution < -0.4 is 0 Å². The summed E-state index contributed by atoms with van der Waals surface area (Å²) in [7, 11) is 0. The van der Waals surface area contributed by atoms with Gasteiger partial charge in [0.15, 0.2) is 17.9 Å². The quantitative estimate of drug-likeness (QED) is 0.402. The molecule has 0 saturated heterocycles. The lowest BCUT2D eigenvalue weighted by atomic mass is 9.68. The minimum Gasteiger partial charge on any atom is -0.298 e. The van der Waals surface area contributed by atoms with E-state index in [1.807, 2.05) is 6.08 Å². The molecular weight excluding hydrogens is 330 g/mol. The molecule has 2 aliphatic carbocycles. The van der Waals surface area contributed by atoms with E-state index >= 15 is 0 Å². The molecule has 1 aromatic rings.